The van der Waals surface area contributed by atoms with Crippen LogP contribution in [0.1, 0.15) is 18.1 Å². The maximum atomic E-state index is 13.4. The Morgan fingerprint density at radius 2 is 2.20 bits per heavy atom. The summed E-state index contributed by atoms with van der Waals surface area (Å²) in [6.07, 6.45) is 0.594. The van der Waals surface area contributed by atoms with Crippen molar-refractivity contribution in [2.75, 3.05) is 12.9 Å². The number of carbonyl (C=O) groups excluding carboxylic acids is 1. The lowest BCUT2D eigenvalue weighted by atomic mass is 9.95. The molecule has 1 aromatic carbocycles. The fraction of sp³-hybridized carbons (Fsp3) is 0.417. The lowest BCUT2D eigenvalue weighted by Crippen LogP contribution is -2.36. The van der Waals surface area contributed by atoms with Gasteiger partial charge in [0.1, 0.15) is 5.82 Å². The summed E-state index contributed by atoms with van der Waals surface area (Å²) >= 11 is 5.60. The van der Waals surface area contributed by atoms with Crippen LogP contribution in [0, 0.1) is 11.7 Å². The quantitative estimate of drug-likeness (QED) is 0.918. The lowest BCUT2D eigenvalue weighted by Gasteiger charge is -2.18. The molecule has 0 radical (unpaired) electrons. The average Bonchev–Trinajstić information content (AvgIpc) is 2.79. The molecule has 2 atom stereocenters. The van der Waals surface area contributed by atoms with Gasteiger partial charge in [0, 0.05) is 6.61 Å². The highest BCUT2D eigenvalue weighted by Crippen LogP contribution is 2.35. The third-order valence-electron chi connectivity index (χ3n) is 2.99. The molecule has 110 valence electrons. The molecule has 0 bridgehead atoms. The van der Waals surface area contributed by atoms with Crippen LogP contribution in [0.15, 0.2) is 18.2 Å². The molecule has 1 aliphatic heterocycles. The number of carbonyl (C=O) groups is 1. The molecule has 5 nitrogen and oxygen atoms in total. The van der Waals surface area contributed by atoms with Crippen LogP contribution < -0.4 is 4.72 Å². The molecule has 0 aromatic heterocycles. The molecule has 1 saturated heterocycles. The average molecular weight is 322 g/mol. The van der Waals surface area contributed by atoms with Gasteiger partial charge in [-0.3, -0.25) is 9.52 Å². The van der Waals surface area contributed by atoms with Gasteiger partial charge in [0.2, 0.25) is 15.9 Å². The van der Waals surface area contributed by atoms with E-state index >= 15 is 0 Å². The number of amides is 1. The monoisotopic (exact) mass is 321 g/mol. The summed E-state index contributed by atoms with van der Waals surface area (Å²) < 4.78 is 43.0. The van der Waals surface area contributed by atoms with Crippen molar-refractivity contribution in [3.05, 3.63) is 34.6 Å². The van der Waals surface area contributed by atoms with Crippen molar-refractivity contribution >= 4 is 27.5 Å². The third-order valence-corrected chi connectivity index (χ3v) is 3.87. The Kier molecular flexibility index (Phi) is 4.31. The van der Waals surface area contributed by atoms with E-state index in [1.165, 1.54) is 12.1 Å². The highest BCUT2D eigenvalue weighted by molar-refractivity contribution is 7.89. The van der Waals surface area contributed by atoms with Crippen LogP contribution in [0.25, 0.3) is 0 Å². The first-order valence-electron chi connectivity index (χ1n) is 5.86. The Labute approximate surface area is 121 Å². The fourth-order valence-electron chi connectivity index (χ4n) is 2.13. The Morgan fingerprint density at radius 1 is 1.50 bits per heavy atom. The molecule has 0 aliphatic carbocycles. The number of rotatable bonds is 3. The summed E-state index contributed by atoms with van der Waals surface area (Å²) in [7, 11) is -3.63. The first-order chi connectivity index (χ1) is 9.28. The Balaban J connectivity index is 2.22. The van der Waals surface area contributed by atoms with Gasteiger partial charge in [-0.2, -0.15) is 0 Å². The molecular weight excluding hydrogens is 309 g/mol. The second-order valence-electron chi connectivity index (χ2n) is 4.60. The maximum absolute atomic E-state index is 13.4. The van der Waals surface area contributed by atoms with Gasteiger partial charge in [-0.05, 0) is 24.1 Å². The second kappa shape index (κ2) is 5.67. The van der Waals surface area contributed by atoms with E-state index in [2.05, 4.69) is 0 Å². The van der Waals surface area contributed by atoms with E-state index < -0.39 is 33.8 Å². The van der Waals surface area contributed by atoms with E-state index in [1.54, 1.807) is 6.07 Å². The molecule has 0 spiro atoms. The number of ether oxygens (including phenoxy) is 1. The molecule has 1 N–H and O–H groups in total. The molecule has 20 heavy (non-hydrogen) atoms. The highest BCUT2D eigenvalue weighted by atomic mass is 35.5. The van der Waals surface area contributed by atoms with Gasteiger partial charge in [-0.15, -0.1) is 0 Å². The number of halogens is 2. The Hall–Kier alpha value is -1.18. The van der Waals surface area contributed by atoms with Crippen LogP contribution in [0.4, 0.5) is 4.39 Å². The van der Waals surface area contributed by atoms with Gasteiger partial charge < -0.3 is 4.74 Å². The molecule has 1 aromatic rings. The topological polar surface area (TPSA) is 72.5 Å². The number of nitrogens with one attached hydrogen (secondary N) is 1. The maximum Gasteiger partial charge on any atom is 0.239 e. The van der Waals surface area contributed by atoms with Crippen LogP contribution >= 0.6 is 11.6 Å². The zero-order valence-electron chi connectivity index (χ0n) is 10.6. The first kappa shape index (κ1) is 15.2. The molecule has 1 amide bonds. The van der Waals surface area contributed by atoms with Crippen LogP contribution in [0.2, 0.25) is 5.02 Å². The summed E-state index contributed by atoms with van der Waals surface area (Å²) in [6.45, 7) is 0.302. The number of benzene rings is 1. The minimum atomic E-state index is -3.63. The predicted octanol–water partition coefficient (Wildman–Crippen LogP) is 1.63. The SMILES string of the molecule is CS(=O)(=O)NC(=O)[C@@H]1CCO[C@H]1c1ccc(Cl)c(F)c1. The Bertz CT molecular complexity index is 634. The van der Waals surface area contributed by atoms with Gasteiger partial charge in [0.05, 0.1) is 23.3 Å². The molecule has 2 rings (SSSR count). The van der Waals surface area contributed by atoms with Crippen molar-refractivity contribution in [1.82, 2.24) is 4.72 Å². The standard InChI is InChI=1S/C12H13ClFNO4S/c1-20(17,18)15-12(16)8-4-5-19-11(8)7-2-3-9(13)10(14)6-7/h2-3,6,8,11H,4-5H2,1H3,(H,15,16)/t8-,11+/m1/s1. The summed E-state index contributed by atoms with van der Waals surface area (Å²) in [5, 5.41) is -0.0242. The van der Waals surface area contributed by atoms with Crippen molar-refractivity contribution in [2.45, 2.75) is 12.5 Å². The normalized spacial score (nSPS) is 22.8. The van der Waals surface area contributed by atoms with E-state index in [0.29, 0.717) is 18.6 Å². The number of hydrogen-bond acceptors (Lipinski definition) is 4. The van der Waals surface area contributed by atoms with Crippen molar-refractivity contribution in [3.63, 3.8) is 0 Å². The third kappa shape index (κ3) is 3.47. The van der Waals surface area contributed by atoms with Crippen molar-refractivity contribution in [3.8, 4) is 0 Å². The molecule has 0 saturated carbocycles. The van der Waals surface area contributed by atoms with Gasteiger partial charge in [0.15, 0.2) is 0 Å². The van der Waals surface area contributed by atoms with Crippen LogP contribution in [0.3, 0.4) is 0 Å². The van der Waals surface area contributed by atoms with Crippen LogP contribution in [-0.4, -0.2) is 27.2 Å². The minimum absolute atomic E-state index is 0.0242. The highest BCUT2D eigenvalue weighted by Gasteiger charge is 2.36. The largest absolute Gasteiger partial charge is 0.373 e. The van der Waals surface area contributed by atoms with Crippen molar-refractivity contribution in [2.24, 2.45) is 5.92 Å². The second-order valence-corrected chi connectivity index (χ2v) is 6.75. The summed E-state index contributed by atoms with van der Waals surface area (Å²) in [5.41, 5.74) is 0.457. The molecule has 1 fully saturated rings. The number of hydrogen-bond donors (Lipinski definition) is 1. The van der Waals surface area contributed by atoms with Crippen molar-refractivity contribution < 1.29 is 22.3 Å². The smallest absolute Gasteiger partial charge is 0.239 e. The van der Waals surface area contributed by atoms with E-state index in [9.17, 15) is 17.6 Å². The number of sulfonamides is 1. The Morgan fingerprint density at radius 3 is 2.80 bits per heavy atom. The summed E-state index contributed by atoms with van der Waals surface area (Å²) in [5.74, 6) is -1.93. The first-order valence-corrected chi connectivity index (χ1v) is 8.13. The van der Waals surface area contributed by atoms with E-state index in [-0.39, 0.29) is 5.02 Å². The van der Waals surface area contributed by atoms with E-state index in [4.69, 9.17) is 16.3 Å². The summed E-state index contributed by atoms with van der Waals surface area (Å²) in [4.78, 5) is 11.9. The van der Waals surface area contributed by atoms with E-state index in [1.807, 2.05) is 4.72 Å². The van der Waals surface area contributed by atoms with E-state index in [0.717, 1.165) is 6.26 Å². The van der Waals surface area contributed by atoms with Gasteiger partial charge in [-0.1, -0.05) is 17.7 Å². The molecule has 1 aliphatic rings. The fourth-order valence-corrected chi connectivity index (χ4v) is 2.77. The van der Waals surface area contributed by atoms with Crippen LogP contribution in [-0.2, 0) is 19.6 Å². The summed E-state index contributed by atoms with van der Waals surface area (Å²) in [6, 6.07) is 4.13. The zero-order chi connectivity index (χ0) is 14.9. The predicted molar refractivity (Wildman–Crippen MR) is 71.2 cm³/mol. The zero-order valence-corrected chi connectivity index (χ0v) is 12.2. The van der Waals surface area contributed by atoms with Gasteiger partial charge in [-0.25, -0.2) is 12.8 Å². The van der Waals surface area contributed by atoms with Gasteiger partial charge in [0.25, 0.3) is 0 Å². The molecule has 8 heteroatoms. The van der Waals surface area contributed by atoms with Gasteiger partial charge >= 0.3 is 0 Å². The van der Waals surface area contributed by atoms with Crippen LogP contribution in [0.5, 0.6) is 0 Å². The molecular formula is C12H13ClFNO4S. The minimum Gasteiger partial charge on any atom is -0.373 e. The lowest BCUT2D eigenvalue weighted by molar-refractivity contribution is -0.124. The van der Waals surface area contributed by atoms with Crippen molar-refractivity contribution in [1.29, 1.82) is 0 Å². The molecule has 0 unspecified atom stereocenters. The molecule has 1 heterocycles.